The van der Waals surface area contributed by atoms with Crippen molar-refractivity contribution in [2.45, 2.75) is 6.04 Å². The predicted octanol–water partition coefficient (Wildman–Crippen LogP) is 1.32. The monoisotopic (exact) mass is 293 g/mol. The number of piperazine rings is 1. The van der Waals surface area contributed by atoms with Crippen LogP contribution in [0.15, 0.2) is 30.5 Å². The molecule has 1 aromatic carbocycles. The van der Waals surface area contributed by atoms with Gasteiger partial charge in [0.25, 0.3) is 0 Å². The predicted molar refractivity (Wildman–Crippen MR) is 82.6 cm³/mol. The van der Waals surface area contributed by atoms with Gasteiger partial charge >= 0.3 is 6.03 Å². The van der Waals surface area contributed by atoms with Gasteiger partial charge in [-0.05, 0) is 6.07 Å². The minimum absolute atomic E-state index is 0.0183. The second kappa shape index (κ2) is 4.88. The van der Waals surface area contributed by atoms with Gasteiger partial charge < -0.3 is 15.1 Å². The summed E-state index contributed by atoms with van der Waals surface area (Å²) in [6, 6.07) is 10.3. The number of anilines is 1. The van der Waals surface area contributed by atoms with Crippen molar-refractivity contribution in [3.05, 3.63) is 36.0 Å². The van der Waals surface area contributed by atoms with Gasteiger partial charge in [-0.2, -0.15) is 5.26 Å². The summed E-state index contributed by atoms with van der Waals surface area (Å²) < 4.78 is 0. The van der Waals surface area contributed by atoms with Crippen LogP contribution < -0.4 is 10.2 Å². The van der Waals surface area contributed by atoms with E-state index in [2.05, 4.69) is 21.3 Å². The first-order chi connectivity index (χ1) is 10.8. The van der Waals surface area contributed by atoms with Crippen LogP contribution in [0.2, 0.25) is 0 Å². The van der Waals surface area contributed by atoms with E-state index >= 15 is 0 Å². The van der Waals surface area contributed by atoms with E-state index in [1.54, 1.807) is 6.20 Å². The Balaban J connectivity index is 1.78. The van der Waals surface area contributed by atoms with Crippen molar-refractivity contribution in [1.82, 2.24) is 15.2 Å². The summed E-state index contributed by atoms with van der Waals surface area (Å²) in [6.07, 6.45) is 1.64. The molecule has 2 aliphatic rings. The normalized spacial score (nSPS) is 20.7. The first-order valence-electron chi connectivity index (χ1n) is 7.35. The van der Waals surface area contributed by atoms with Crippen molar-refractivity contribution >= 4 is 22.6 Å². The van der Waals surface area contributed by atoms with E-state index in [9.17, 15) is 10.1 Å². The van der Waals surface area contributed by atoms with Gasteiger partial charge in [-0.3, -0.25) is 4.98 Å². The molecule has 0 radical (unpaired) electrons. The molecule has 22 heavy (non-hydrogen) atoms. The highest BCUT2D eigenvalue weighted by molar-refractivity contribution is 5.94. The van der Waals surface area contributed by atoms with Crippen molar-refractivity contribution in [2.75, 3.05) is 31.1 Å². The van der Waals surface area contributed by atoms with E-state index in [0.29, 0.717) is 18.7 Å². The summed E-state index contributed by atoms with van der Waals surface area (Å²) in [5, 5.41) is 13.3. The molecule has 2 fully saturated rings. The second-order valence-electron chi connectivity index (χ2n) is 5.63. The molecule has 2 amide bonds. The number of para-hydroxylation sites is 1. The number of aromatic nitrogens is 1. The Morgan fingerprint density at radius 1 is 1.32 bits per heavy atom. The van der Waals surface area contributed by atoms with Gasteiger partial charge in [-0.1, -0.05) is 18.2 Å². The van der Waals surface area contributed by atoms with E-state index in [4.69, 9.17) is 0 Å². The lowest BCUT2D eigenvalue weighted by Crippen LogP contribution is -2.52. The zero-order valence-electron chi connectivity index (χ0n) is 12.0. The summed E-state index contributed by atoms with van der Waals surface area (Å²) in [6.45, 7) is 2.81. The number of amides is 2. The van der Waals surface area contributed by atoms with Crippen molar-refractivity contribution in [3.63, 3.8) is 0 Å². The Morgan fingerprint density at radius 3 is 3.05 bits per heavy atom. The van der Waals surface area contributed by atoms with Gasteiger partial charge in [-0.25, -0.2) is 4.79 Å². The molecule has 6 nitrogen and oxygen atoms in total. The van der Waals surface area contributed by atoms with Gasteiger partial charge in [0.2, 0.25) is 0 Å². The summed E-state index contributed by atoms with van der Waals surface area (Å²) in [5.41, 5.74) is 2.41. The van der Waals surface area contributed by atoms with E-state index in [0.717, 1.165) is 29.7 Å². The fourth-order valence-electron chi connectivity index (χ4n) is 3.36. The van der Waals surface area contributed by atoms with Crippen molar-refractivity contribution in [3.8, 4) is 6.07 Å². The minimum Gasteiger partial charge on any atom is -0.366 e. The van der Waals surface area contributed by atoms with E-state index < -0.39 is 0 Å². The molecule has 0 bridgehead atoms. The molecule has 1 atom stereocenters. The molecule has 110 valence electrons. The standard InChI is InChI=1S/C16H15N5O/c17-7-11-8-18-14-4-2-1-3-13(14)15(11)20-5-6-21-12(10-20)9-19-16(21)22/h1-4,8,12H,5-6,9-10H2,(H,19,22). The Kier molecular flexibility index (Phi) is 2.86. The number of carbonyl (C=O) groups is 1. The maximum atomic E-state index is 11.7. The quantitative estimate of drug-likeness (QED) is 0.860. The molecule has 2 aliphatic heterocycles. The molecule has 1 aromatic heterocycles. The third-order valence-corrected chi connectivity index (χ3v) is 4.42. The molecular weight excluding hydrogens is 278 g/mol. The van der Waals surface area contributed by atoms with Crippen LogP contribution in [0.25, 0.3) is 10.9 Å². The van der Waals surface area contributed by atoms with E-state index in [1.807, 2.05) is 29.2 Å². The molecule has 6 heteroatoms. The molecule has 0 saturated carbocycles. The zero-order valence-corrected chi connectivity index (χ0v) is 12.0. The number of rotatable bonds is 1. The van der Waals surface area contributed by atoms with Crippen LogP contribution in [0.3, 0.4) is 0 Å². The molecular formula is C16H15N5O. The Morgan fingerprint density at radius 2 is 2.18 bits per heavy atom. The molecule has 4 rings (SSSR count). The SMILES string of the molecule is N#Cc1cnc2ccccc2c1N1CCN2C(=O)NCC2C1. The summed E-state index contributed by atoms with van der Waals surface area (Å²) in [7, 11) is 0. The van der Waals surface area contributed by atoms with Crippen LogP contribution in [-0.2, 0) is 0 Å². The van der Waals surface area contributed by atoms with Crippen molar-refractivity contribution in [1.29, 1.82) is 5.26 Å². The second-order valence-corrected chi connectivity index (χ2v) is 5.63. The van der Waals surface area contributed by atoms with Crippen LogP contribution >= 0.6 is 0 Å². The summed E-state index contributed by atoms with van der Waals surface area (Å²) in [5.74, 6) is 0. The fourth-order valence-corrected chi connectivity index (χ4v) is 3.36. The van der Waals surface area contributed by atoms with Crippen LogP contribution in [0.4, 0.5) is 10.5 Å². The van der Waals surface area contributed by atoms with Crippen molar-refractivity contribution in [2.24, 2.45) is 0 Å². The molecule has 1 N–H and O–H groups in total. The van der Waals surface area contributed by atoms with Crippen LogP contribution in [0, 0.1) is 11.3 Å². The average molecular weight is 293 g/mol. The fraction of sp³-hybridized carbons (Fsp3) is 0.312. The maximum Gasteiger partial charge on any atom is 0.317 e. The van der Waals surface area contributed by atoms with Gasteiger partial charge in [0, 0.05) is 37.8 Å². The Hall–Kier alpha value is -2.81. The summed E-state index contributed by atoms with van der Waals surface area (Å²) in [4.78, 5) is 20.2. The number of benzene rings is 1. The number of hydrogen-bond acceptors (Lipinski definition) is 4. The lowest BCUT2D eigenvalue weighted by Gasteiger charge is -2.38. The number of urea groups is 1. The largest absolute Gasteiger partial charge is 0.366 e. The van der Waals surface area contributed by atoms with Crippen LogP contribution in [0.1, 0.15) is 5.56 Å². The van der Waals surface area contributed by atoms with Gasteiger partial charge in [0.15, 0.2) is 0 Å². The minimum atomic E-state index is 0.0183. The smallest absolute Gasteiger partial charge is 0.317 e. The highest BCUT2D eigenvalue weighted by atomic mass is 16.2. The number of nitrogens with zero attached hydrogens (tertiary/aromatic N) is 4. The van der Waals surface area contributed by atoms with Crippen molar-refractivity contribution < 1.29 is 4.79 Å². The van der Waals surface area contributed by atoms with Gasteiger partial charge in [-0.15, -0.1) is 0 Å². The Labute approximate surface area is 127 Å². The number of pyridine rings is 1. The summed E-state index contributed by atoms with van der Waals surface area (Å²) >= 11 is 0. The van der Waals surface area contributed by atoms with Gasteiger partial charge in [0.05, 0.1) is 22.8 Å². The number of hydrogen-bond donors (Lipinski definition) is 1. The van der Waals surface area contributed by atoms with Gasteiger partial charge in [0.1, 0.15) is 6.07 Å². The topological polar surface area (TPSA) is 72.3 Å². The zero-order chi connectivity index (χ0) is 15.1. The maximum absolute atomic E-state index is 11.7. The lowest BCUT2D eigenvalue weighted by molar-refractivity contribution is 0.198. The molecule has 0 aliphatic carbocycles. The number of carbonyl (C=O) groups excluding carboxylic acids is 1. The third-order valence-electron chi connectivity index (χ3n) is 4.42. The average Bonchev–Trinajstić information content (AvgIpc) is 2.94. The molecule has 3 heterocycles. The Bertz CT molecular complexity index is 797. The first-order valence-corrected chi connectivity index (χ1v) is 7.35. The molecule has 2 aromatic rings. The lowest BCUT2D eigenvalue weighted by atomic mass is 10.1. The molecule has 2 saturated heterocycles. The van der Waals surface area contributed by atoms with Crippen LogP contribution in [0.5, 0.6) is 0 Å². The van der Waals surface area contributed by atoms with E-state index in [1.165, 1.54) is 0 Å². The molecule has 1 unspecified atom stereocenters. The first kappa shape index (κ1) is 12.9. The van der Waals surface area contributed by atoms with Crippen LogP contribution in [-0.4, -0.2) is 48.1 Å². The number of nitriles is 1. The third kappa shape index (κ3) is 1.86. The van der Waals surface area contributed by atoms with E-state index in [-0.39, 0.29) is 12.1 Å². The molecule has 0 spiro atoms. The number of nitrogens with one attached hydrogen (secondary N) is 1. The highest BCUT2D eigenvalue weighted by Crippen LogP contribution is 2.31. The number of fused-ring (bicyclic) bond motifs is 2. The highest BCUT2D eigenvalue weighted by Gasteiger charge is 2.36.